The van der Waals surface area contributed by atoms with E-state index in [2.05, 4.69) is 23.9 Å². The molecule has 1 aliphatic heterocycles. The molecule has 0 unspecified atom stereocenters. The topological polar surface area (TPSA) is 67.4 Å². The van der Waals surface area contributed by atoms with Crippen LogP contribution in [0.4, 0.5) is 5.69 Å². The van der Waals surface area contributed by atoms with E-state index < -0.39 is 10.0 Å². The van der Waals surface area contributed by atoms with Gasteiger partial charge in [0.25, 0.3) is 0 Å². The van der Waals surface area contributed by atoms with Crippen molar-refractivity contribution in [2.45, 2.75) is 31.7 Å². The molecule has 1 atom stereocenters. The molecular weight excluding hydrogens is 264 g/mol. The summed E-state index contributed by atoms with van der Waals surface area (Å²) < 4.78 is 32.3. The number of rotatable bonds is 3. The van der Waals surface area contributed by atoms with Gasteiger partial charge in [0.15, 0.2) is 0 Å². The maximum atomic E-state index is 12.1. The smallest absolute Gasteiger partial charge is 0.244 e. The van der Waals surface area contributed by atoms with Gasteiger partial charge in [0.05, 0.1) is 6.04 Å². The molecule has 0 aromatic heterocycles. The highest BCUT2D eigenvalue weighted by atomic mass is 32.2. The van der Waals surface area contributed by atoms with Crippen molar-refractivity contribution in [2.24, 2.45) is 5.92 Å². The second kappa shape index (κ2) is 5.38. The lowest BCUT2D eigenvalue weighted by molar-refractivity contribution is 0.288. The summed E-state index contributed by atoms with van der Waals surface area (Å²) in [7, 11) is -3.48. The Balaban J connectivity index is 2.30. The Morgan fingerprint density at radius 1 is 1.47 bits per heavy atom. The fourth-order valence-electron chi connectivity index (χ4n) is 1.85. The van der Waals surface area contributed by atoms with Gasteiger partial charge in [-0.05, 0) is 25.0 Å². The number of sulfonamides is 1. The van der Waals surface area contributed by atoms with Crippen molar-refractivity contribution in [3.8, 4) is 5.75 Å². The summed E-state index contributed by atoms with van der Waals surface area (Å²) in [5, 5.41) is 3.26. The maximum Gasteiger partial charge on any atom is 0.244 e. The van der Waals surface area contributed by atoms with Gasteiger partial charge < -0.3 is 10.1 Å². The first-order valence-electron chi connectivity index (χ1n) is 6.41. The SMILES string of the molecule is CC(C)CNc1ccc2c(c1)OC[C@H](C)NS2(=O)=O. The average molecular weight is 284 g/mol. The molecule has 5 nitrogen and oxygen atoms in total. The molecule has 0 radical (unpaired) electrons. The van der Waals surface area contributed by atoms with E-state index in [0.29, 0.717) is 18.3 Å². The Kier molecular flexibility index (Phi) is 4.01. The molecule has 1 aromatic rings. The minimum Gasteiger partial charge on any atom is -0.490 e. The molecule has 0 aliphatic carbocycles. The van der Waals surface area contributed by atoms with Crippen LogP contribution in [0.25, 0.3) is 0 Å². The third-order valence-corrected chi connectivity index (χ3v) is 4.42. The molecule has 0 saturated heterocycles. The molecule has 0 fully saturated rings. The van der Waals surface area contributed by atoms with Gasteiger partial charge in [-0.1, -0.05) is 13.8 Å². The van der Waals surface area contributed by atoms with E-state index in [1.165, 1.54) is 0 Å². The van der Waals surface area contributed by atoms with Gasteiger partial charge in [-0.2, -0.15) is 0 Å². The predicted molar refractivity (Wildman–Crippen MR) is 75.0 cm³/mol. The molecule has 0 bridgehead atoms. The van der Waals surface area contributed by atoms with Gasteiger partial charge in [-0.25, -0.2) is 13.1 Å². The van der Waals surface area contributed by atoms with Gasteiger partial charge in [0.1, 0.15) is 17.3 Å². The van der Waals surface area contributed by atoms with Crippen LogP contribution in [0.15, 0.2) is 23.1 Å². The van der Waals surface area contributed by atoms with Crippen LogP contribution in [-0.2, 0) is 10.0 Å². The van der Waals surface area contributed by atoms with Gasteiger partial charge >= 0.3 is 0 Å². The molecule has 1 aliphatic rings. The minimum atomic E-state index is -3.48. The van der Waals surface area contributed by atoms with E-state index in [0.717, 1.165) is 12.2 Å². The summed E-state index contributed by atoms with van der Waals surface area (Å²) in [6.45, 7) is 7.17. The van der Waals surface area contributed by atoms with Crippen LogP contribution >= 0.6 is 0 Å². The second-order valence-electron chi connectivity index (χ2n) is 5.27. The van der Waals surface area contributed by atoms with E-state index in [9.17, 15) is 8.42 Å². The average Bonchev–Trinajstić information content (AvgIpc) is 2.43. The third-order valence-electron chi connectivity index (χ3n) is 2.79. The van der Waals surface area contributed by atoms with E-state index in [4.69, 9.17) is 4.74 Å². The van der Waals surface area contributed by atoms with Crippen LogP contribution in [0.3, 0.4) is 0 Å². The Bertz CT molecular complexity index is 555. The Hall–Kier alpha value is -1.27. The lowest BCUT2D eigenvalue weighted by Crippen LogP contribution is -2.33. The van der Waals surface area contributed by atoms with Crippen molar-refractivity contribution < 1.29 is 13.2 Å². The first-order valence-corrected chi connectivity index (χ1v) is 7.90. The summed E-state index contributed by atoms with van der Waals surface area (Å²) in [4.78, 5) is 0.201. The summed E-state index contributed by atoms with van der Waals surface area (Å²) in [6, 6.07) is 4.86. The largest absolute Gasteiger partial charge is 0.490 e. The lowest BCUT2D eigenvalue weighted by Gasteiger charge is -2.12. The van der Waals surface area contributed by atoms with Crippen molar-refractivity contribution in [1.82, 2.24) is 4.72 Å². The fourth-order valence-corrected chi connectivity index (χ4v) is 3.21. The Labute approximate surface area is 114 Å². The highest BCUT2D eigenvalue weighted by Crippen LogP contribution is 2.29. The molecule has 0 amide bonds. The molecular formula is C13H20N2O3S. The molecule has 0 spiro atoms. The summed E-state index contributed by atoms with van der Waals surface area (Å²) in [5.74, 6) is 0.927. The van der Waals surface area contributed by atoms with Crippen LogP contribution in [0.1, 0.15) is 20.8 Å². The summed E-state index contributed by atoms with van der Waals surface area (Å²) in [5.41, 5.74) is 0.872. The molecule has 1 heterocycles. The van der Waals surface area contributed by atoms with Crippen LogP contribution < -0.4 is 14.8 Å². The predicted octanol–water partition coefficient (Wildman–Crippen LogP) is 1.81. The summed E-state index contributed by atoms with van der Waals surface area (Å²) in [6.07, 6.45) is 0. The number of hydrogen-bond acceptors (Lipinski definition) is 4. The standard InChI is InChI=1S/C13H20N2O3S/c1-9(2)7-14-11-4-5-13-12(6-11)18-8-10(3)15-19(13,16)17/h4-6,9-10,14-15H,7-8H2,1-3H3/t10-/m0/s1. The van der Waals surface area contributed by atoms with Crippen molar-refractivity contribution in [1.29, 1.82) is 0 Å². The van der Waals surface area contributed by atoms with E-state index >= 15 is 0 Å². The van der Waals surface area contributed by atoms with E-state index in [1.807, 2.05) is 0 Å². The first kappa shape index (κ1) is 14.1. The molecule has 0 saturated carbocycles. The fraction of sp³-hybridized carbons (Fsp3) is 0.538. The second-order valence-corrected chi connectivity index (χ2v) is 6.95. The third kappa shape index (κ3) is 3.39. The van der Waals surface area contributed by atoms with E-state index in [1.54, 1.807) is 25.1 Å². The monoisotopic (exact) mass is 284 g/mol. The highest BCUT2D eigenvalue weighted by Gasteiger charge is 2.26. The normalized spacial score (nSPS) is 21.4. The van der Waals surface area contributed by atoms with E-state index in [-0.39, 0.29) is 10.9 Å². The van der Waals surface area contributed by atoms with Crippen LogP contribution in [0.5, 0.6) is 5.75 Å². The van der Waals surface area contributed by atoms with Crippen LogP contribution in [0, 0.1) is 5.92 Å². The van der Waals surface area contributed by atoms with Gasteiger partial charge in [-0.15, -0.1) is 0 Å². The van der Waals surface area contributed by atoms with Crippen LogP contribution in [0.2, 0.25) is 0 Å². The minimum absolute atomic E-state index is 0.201. The van der Waals surface area contributed by atoms with Crippen molar-refractivity contribution in [3.05, 3.63) is 18.2 Å². The number of benzene rings is 1. The zero-order valence-corrected chi connectivity index (χ0v) is 12.3. The first-order chi connectivity index (χ1) is 8.88. The number of anilines is 1. The zero-order valence-electron chi connectivity index (χ0n) is 11.4. The quantitative estimate of drug-likeness (QED) is 0.888. The molecule has 6 heteroatoms. The molecule has 2 rings (SSSR count). The van der Waals surface area contributed by atoms with Crippen molar-refractivity contribution in [3.63, 3.8) is 0 Å². The van der Waals surface area contributed by atoms with Crippen molar-refractivity contribution >= 4 is 15.7 Å². The van der Waals surface area contributed by atoms with Gasteiger partial charge in [0, 0.05) is 18.3 Å². The van der Waals surface area contributed by atoms with Gasteiger partial charge in [0.2, 0.25) is 10.0 Å². The zero-order chi connectivity index (χ0) is 14.0. The number of ether oxygens (including phenoxy) is 1. The molecule has 106 valence electrons. The highest BCUT2D eigenvalue weighted by molar-refractivity contribution is 7.89. The van der Waals surface area contributed by atoms with Crippen molar-refractivity contribution in [2.75, 3.05) is 18.5 Å². The molecule has 2 N–H and O–H groups in total. The number of nitrogens with one attached hydrogen (secondary N) is 2. The lowest BCUT2D eigenvalue weighted by atomic mass is 10.2. The van der Waals surface area contributed by atoms with Crippen LogP contribution in [-0.4, -0.2) is 27.6 Å². The summed E-state index contributed by atoms with van der Waals surface area (Å²) >= 11 is 0. The molecule has 19 heavy (non-hydrogen) atoms. The number of hydrogen-bond donors (Lipinski definition) is 2. The Morgan fingerprint density at radius 3 is 2.89 bits per heavy atom. The molecule has 1 aromatic carbocycles. The Morgan fingerprint density at radius 2 is 2.21 bits per heavy atom. The number of fused-ring (bicyclic) bond motifs is 1. The van der Waals surface area contributed by atoms with Gasteiger partial charge in [-0.3, -0.25) is 0 Å². The maximum absolute atomic E-state index is 12.1.